The zero-order chi connectivity index (χ0) is 35.4. The number of alkyl halides is 3. The van der Waals surface area contributed by atoms with Crippen molar-refractivity contribution in [3.8, 4) is 5.75 Å². The van der Waals surface area contributed by atoms with E-state index in [2.05, 4.69) is 19.7 Å². The molecule has 5 heterocycles. The van der Waals surface area contributed by atoms with Crippen LogP contribution in [0.25, 0.3) is 11.4 Å². The number of fused-ring (bicyclic) bond motifs is 3. The van der Waals surface area contributed by atoms with E-state index in [1.54, 1.807) is 21.4 Å². The zero-order valence-electron chi connectivity index (χ0n) is 26.8. The summed E-state index contributed by atoms with van der Waals surface area (Å²) in [5.41, 5.74) is 0.120. The second-order valence-electron chi connectivity index (χ2n) is 12.6. The van der Waals surface area contributed by atoms with Gasteiger partial charge < -0.3 is 19.9 Å². The van der Waals surface area contributed by atoms with Gasteiger partial charge in [-0.2, -0.15) is 22.7 Å². The molecule has 1 aliphatic carbocycles. The predicted octanol–water partition coefficient (Wildman–Crippen LogP) is 4.79. The highest BCUT2D eigenvalue weighted by Gasteiger charge is 2.46. The molecule has 0 saturated carbocycles. The second-order valence-corrected chi connectivity index (χ2v) is 13.9. The lowest BCUT2D eigenvalue weighted by atomic mass is 9.74. The van der Waals surface area contributed by atoms with Gasteiger partial charge in [-0.25, -0.2) is 9.29 Å². The second kappa shape index (κ2) is 13.0. The summed E-state index contributed by atoms with van der Waals surface area (Å²) in [6.07, 6.45) is 3.50. The Morgan fingerprint density at radius 2 is 1.90 bits per heavy atom. The lowest BCUT2D eigenvalue weighted by Crippen LogP contribution is -2.46. The Morgan fingerprint density at radius 1 is 1.12 bits per heavy atom. The van der Waals surface area contributed by atoms with Crippen LogP contribution in [0.2, 0.25) is 5.02 Å². The van der Waals surface area contributed by atoms with Crippen LogP contribution in [0.4, 0.5) is 18.9 Å². The van der Waals surface area contributed by atoms with Gasteiger partial charge in [-0.05, 0) is 74.3 Å². The standard InChI is InChI=1S/C33H32ClF3N8O4S/c1-50-43-13-7-19(8-14-43)28-40-31-44(18-25(47)39-22-5-4-20(17-21(22)34)33(35,36)37)23-6-9-32(26(23)29(48)45(31)41-28)10-15-42(16-11-32)30(49)27-24(46)3-2-12-38-27/h2-5,7,12,17,46H,6,8-11,13-16,18H2,1H3,(H,39,47). The van der Waals surface area contributed by atoms with Gasteiger partial charge in [-0.1, -0.05) is 29.6 Å². The average molecular weight is 729 g/mol. The zero-order valence-corrected chi connectivity index (χ0v) is 28.4. The van der Waals surface area contributed by atoms with Gasteiger partial charge in [0.25, 0.3) is 11.5 Å². The van der Waals surface area contributed by atoms with Crippen LogP contribution < -0.4 is 10.9 Å². The van der Waals surface area contributed by atoms with Gasteiger partial charge >= 0.3 is 6.18 Å². The van der Waals surface area contributed by atoms with Crippen molar-refractivity contribution in [2.75, 3.05) is 37.8 Å². The molecule has 50 heavy (non-hydrogen) atoms. The van der Waals surface area contributed by atoms with Gasteiger partial charge in [0.05, 0.1) is 16.3 Å². The Labute approximate surface area is 293 Å². The third-order valence-electron chi connectivity index (χ3n) is 9.81. The van der Waals surface area contributed by atoms with Gasteiger partial charge in [0, 0.05) is 49.0 Å². The van der Waals surface area contributed by atoms with E-state index in [1.807, 2.05) is 12.3 Å². The van der Waals surface area contributed by atoms with Crippen molar-refractivity contribution in [1.82, 2.24) is 33.4 Å². The summed E-state index contributed by atoms with van der Waals surface area (Å²) in [6, 6.07) is 5.64. The summed E-state index contributed by atoms with van der Waals surface area (Å²) in [7, 11) is 0. The number of nitrogens with one attached hydrogen (secondary N) is 1. The van der Waals surface area contributed by atoms with Crippen LogP contribution in [0, 0.1) is 0 Å². The Bertz CT molecular complexity index is 2110. The molecule has 7 rings (SSSR count). The maximum atomic E-state index is 14.3. The van der Waals surface area contributed by atoms with Gasteiger partial charge in [-0.15, -0.1) is 5.10 Å². The number of hydrogen-bond donors (Lipinski definition) is 2. The molecule has 3 aromatic heterocycles. The topological polar surface area (TPSA) is 138 Å². The highest BCUT2D eigenvalue weighted by atomic mass is 35.5. The molecule has 2 N–H and O–H groups in total. The highest BCUT2D eigenvalue weighted by molar-refractivity contribution is 7.96. The van der Waals surface area contributed by atoms with Crippen LogP contribution in [0.15, 0.2) is 47.4 Å². The maximum Gasteiger partial charge on any atom is 0.416 e. The van der Waals surface area contributed by atoms with Crippen LogP contribution in [0.3, 0.4) is 0 Å². The molecule has 0 unspecified atom stereocenters. The van der Waals surface area contributed by atoms with Crippen molar-refractivity contribution in [1.29, 1.82) is 0 Å². The van der Waals surface area contributed by atoms with Crippen LogP contribution in [-0.4, -0.2) is 82.7 Å². The minimum Gasteiger partial charge on any atom is -0.505 e. The van der Waals surface area contributed by atoms with Crippen molar-refractivity contribution in [3.63, 3.8) is 0 Å². The summed E-state index contributed by atoms with van der Waals surface area (Å²) in [6.45, 7) is 1.78. The van der Waals surface area contributed by atoms with E-state index < -0.39 is 29.0 Å². The van der Waals surface area contributed by atoms with Crippen LogP contribution in [0.1, 0.15) is 58.8 Å². The van der Waals surface area contributed by atoms with E-state index >= 15 is 0 Å². The van der Waals surface area contributed by atoms with E-state index in [0.717, 1.165) is 30.3 Å². The van der Waals surface area contributed by atoms with E-state index in [9.17, 15) is 32.7 Å². The van der Waals surface area contributed by atoms with E-state index in [0.29, 0.717) is 68.8 Å². The Balaban J connectivity index is 1.24. The number of likely N-dealkylation sites (tertiary alicyclic amines) is 1. The molecular formula is C33H32ClF3N8O4S. The lowest BCUT2D eigenvalue weighted by Gasteiger charge is -2.39. The monoisotopic (exact) mass is 728 g/mol. The van der Waals surface area contributed by atoms with Crippen molar-refractivity contribution < 1.29 is 27.9 Å². The highest BCUT2D eigenvalue weighted by Crippen LogP contribution is 2.45. The molecule has 0 atom stereocenters. The molecule has 1 fully saturated rings. The smallest absolute Gasteiger partial charge is 0.416 e. The molecule has 0 radical (unpaired) electrons. The molecule has 2 aliphatic heterocycles. The van der Waals surface area contributed by atoms with Gasteiger partial charge in [0.2, 0.25) is 11.7 Å². The maximum absolute atomic E-state index is 14.3. The van der Waals surface area contributed by atoms with Crippen molar-refractivity contribution in [3.05, 3.63) is 86.3 Å². The number of pyridine rings is 1. The minimum atomic E-state index is -4.60. The van der Waals surface area contributed by atoms with E-state index in [1.165, 1.54) is 22.8 Å². The summed E-state index contributed by atoms with van der Waals surface area (Å²) in [4.78, 5) is 51.5. The number of carbonyl (C=O) groups is 2. The first-order valence-electron chi connectivity index (χ1n) is 16.0. The first kappa shape index (κ1) is 34.1. The molecular weight excluding hydrogens is 697 g/mol. The first-order chi connectivity index (χ1) is 23.9. The van der Waals surface area contributed by atoms with Gasteiger partial charge in [0.15, 0.2) is 11.5 Å². The molecule has 1 saturated heterocycles. The summed E-state index contributed by atoms with van der Waals surface area (Å²) >= 11 is 7.77. The molecule has 3 aliphatic rings. The number of aromatic hydroxyl groups is 1. The van der Waals surface area contributed by atoms with Crippen LogP contribution in [-0.2, 0) is 29.4 Å². The normalized spacial score (nSPS) is 17.6. The number of nitrogens with zero attached hydrogens (tertiary/aromatic N) is 7. The quantitative estimate of drug-likeness (QED) is 0.269. The average Bonchev–Trinajstić information content (AvgIpc) is 3.71. The Kier molecular flexibility index (Phi) is 8.89. The molecule has 262 valence electrons. The molecule has 4 aromatic rings. The number of benzene rings is 1. The molecule has 1 aromatic carbocycles. The molecule has 17 heteroatoms. The third kappa shape index (κ3) is 6.13. The molecule has 12 nitrogen and oxygen atoms in total. The first-order valence-corrected chi connectivity index (χ1v) is 17.6. The number of hydrogen-bond acceptors (Lipinski definition) is 9. The summed E-state index contributed by atoms with van der Waals surface area (Å²) in [5.74, 6) is -0.615. The third-order valence-corrected chi connectivity index (χ3v) is 11.0. The number of rotatable bonds is 6. The summed E-state index contributed by atoms with van der Waals surface area (Å²) in [5, 5.41) is 17.2. The van der Waals surface area contributed by atoms with Gasteiger partial charge in [0.1, 0.15) is 12.3 Å². The number of amides is 2. The fourth-order valence-electron chi connectivity index (χ4n) is 7.17. The summed E-state index contributed by atoms with van der Waals surface area (Å²) < 4.78 is 44.7. The van der Waals surface area contributed by atoms with Gasteiger partial charge in [-0.3, -0.25) is 14.4 Å². The van der Waals surface area contributed by atoms with Crippen molar-refractivity contribution in [2.45, 2.75) is 50.2 Å². The predicted molar refractivity (Wildman–Crippen MR) is 181 cm³/mol. The number of carbonyl (C=O) groups excluding carboxylic acids is 2. The number of anilines is 1. The fraction of sp³-hybridized carbons (Fsp3) is 0.394. The Hall–Kier alpha value is -4.41. The number of halogens is 4. The number of aromatic nitrogens is 5. The molecule has 2 amide bonds. The SMILES string of the molecule is CSN1CC=C(c2nc3n(CC(=O)Nc4ccc(C(F)(F)F)cc4Cl)c4c(c(=O)n3n2)C2(CC4)CCN(C(=O)c3ncccc3O)CC2)CC1. The van der Waals surface area contributed by atoms with Crippen molar-refractivity contribution in [2.24, 2.45) is 0 Å². The molecule has 1 spiro atoms. The lowest BCUT2D eigenvalue weighted by molar-refractivity contribution is -0.137. The largest absolute Gasteiger partial charge is 0.505 e. The van der Waals surface area contributed by atoms with Crippen LogP contribution in [0.5, 0.6) is 5.75 Å². The van der Waals surface area contributed by atoms with Crippen molar-refractivity contribution >= 4 is 52.4 Å². The van der Waals surface area contributed by atoms with E-state index in [-0.39, 0.29) is 40.0 Å². The van der Waals surface area contributed by atoms with Crippen LogP contribution >= 0.6 is 23.5 Å². The van der Waals surface area contributed by atoms with E-state index in [4.69, 9.17) is 16.6 Å². The Morgan fingerprint density at radius 3 is 2.56 bits per heavy atom. The fourth-order valence-corrected chi connectivity index (χ4v) is 7.90. The number of piperidine rings is 1. The minimum absolute atomic E-state index is 0.0127. The molecule has 0 bridgehead atoms.